The van der Waals surface area contributed by atoms with E-state index >= 15 is 0 Å². The Bertz CT molecular complexity index is 676. The van der Waals surface area contributed by atoms with E-state index in [0.29, 0.717) is 12.2 Å². The van der Waals surface area contributed by atoms with E-state index in [9.17, 15) is 4.79 Å². The molecule has 2 aromatic rings. The summed E-state index contributed by atoms with van der Waals surface area (Å²) in [6.45, 7) is 4.38. The lowest BCUT2D eigenvalue weighted by atomic mass is 10.1. The quantitative estimate of drug-likeness (QED) is 0.840. The number of fused-ring (bicyclic) bond motifs is 3. The molecule has 0 aromatic carbocycles. The van der Waals surface area contributed by atoms with Crippen LogP contribution in [0.15, 0.2) is 18.3 Å². The highest BCUT2D eigenvalue weighted by molar-refractivity contribution is 5.89. The summed E-state index contributed by atoms with van der Waals surface area (Å²) in [5.74, 6) is -0.0681. The molecule has 6 nitrogen and oxygen atoms in total. The van der Waals surface area contributed by atoms with Crippen LogP contribution in [0.4, 0.5) is 5.95 Å². The van der Waals surface area contributed by atoms with Gasteiger partial charge in [-0.3, -0.25) is 0 Å². The highest BCUT2D eigenvalue weighted by Crippen LogP contribution is 2.30. The second kappa shape index (κ2) is 4.63. The van der Waals surface area contributed by atoms with E-state index in [2.05, 4.69) is 9.97 Å². The fourth-order valence-corrected chi connectivity index (χ4v) is 2.43. The van der Waals surface area contributed by atoms with E-state index in [-0.39, 0.29) is 18.0 Å². The number of aryl methyl sites for hydroxylation is 1. The molecule has 3 rings (SSSR count). The van der Waals surface area contributed by atoms with E-state index in [0.717, 1.165) is 23.4 Å². The Morgan fingerprint density at radius 3 is 3.00 bits per heavy atom. The number of anilines is 1. The molecule has 0 amide bonds. The Labute approximate surface area is 116 Å². The number of aromatic nitrogens is 3. The first-order valence-corrected chi connectivity index (χ1v) is 6.58. The second-order valence-corrected chi connectivity index (χ2v) is 5.06. The third-order valence-corrected chi connectivity index (χ3v) is 3.26. The normalized spacial score (nSPS) is 12.9. The summed E-state index contributed by atoms with van der Waals surface area (Å²) in [5.41, 5.74) is 8.93. The predicted molar refractivity (Wildman–Crippen MR) is 74.1 cm³/mol. The lowest BCUT2D eigenvalue weighted by molar-refractivity contribution is 0.0365. The molecule has 2 aromatic heterocycles. The van der Waals surface area contributed by atoms with Gasteiger partial charge in [0.2, 0.25) is 5.95 Å². The molecule has 0 fully saturated rings. The first-order chi connectivity index (χ1) is 9.56. The molecule has 104 valence electrons. The number of rotatable bonds is 2. The summed E-state index contributed by atoms with van der Waals surface area (Å²) < 4.78 is 7.19. The van der Waals surface area contributed by atoms with Crippen molar-refractivity contribution in [1.29, 1.82) is 0 Å². The molecule has 0 radical (unpaired) electrons. The molecule has 1 aliphatic heterocycles. The maximum Gasteiger partial charge on any atom is 0.355 e. The number of ether oxygens (including phenoxy) is 1. The lowest BCUT2D eigenvalue weighted by Crippen LogP contribution is -2.20. The summed E-state index contributed by atoms with van der Waals surface area (Å²) in [5, 5.41) is 0. The molecule has 0 atom stereocenters. The third kappa shape index (κ3) is 2.03. The SMILES string of the molecule is CC(C)OC(=O)c1ccc2n1CCc1cnc(N)nc1-2. The van der Waals surface area contributed by atoms with Crippen LogP contribution in [-0.2, 0) is 17.7 Å². The van der Waals surface area contributed by atoms with Gasteiger partial charge >= 0.3 is 5.97 Å². The van der Waals surface area contributed by atoms with E-state index < -0.39 is 0 Å². The van der Waals surface area contributed by atoms with Crippen LogP contribution in [-0.4, -0.2) is 26.6 Å². The molecule has 0 saturated heterocycles. The number of carbonyl (C=O) groups is 1. The topological polar surface area (TPSA) is 83.0 Å². The Hall–Kier alpha value is -2.37. The van der Waals surface area contributed by atoms with Gasteiger partial charge in [-0.2, -0.15) is 0 Å². The van der Waals surface area contributed by atoms with Crippen LogP contribution < -0.4 is 5.73 Å². The predicted octanol–water partition coefficient (Wildman–Crippen LogP) is 1.65. The van der Waals surface area contributed by atoms with Gasteiger partial charge in [0.15, 0.2) is 0 Å². The summed E-state index contributed by atoms with van der Waals surface area (Å²) in [6.07, 6.45) is 2.39. The van der Waals surface area contributed by atoms with E-state index in [1.165, 1.54) is 0 Å². The summed E-state index contributed by atoms with van der Waals surface area (Å²) in [4.78, 5) is 20.4. The molecule has 0 bridgehead atoms. The van der Waals surface area contributed by atoms with Crippen LogP contribution in [0.1, 0.15) is 29.9 Å². The fourth-order valence-electron chi connectivity index (χ4n) is 2.43. The van der Waals surface area contributed by atoms with Gasteiger partial charge < -0.3 is 15.0 Å². The molecule has 0 unspecified atom stereocenters. The molecule has 1 aliphatic rings. The summed E-state index contributed by atoms with van der Waals surface area (Å²) >= 11 is 0. The standard InChI is InChI=1S/C14H16N4O2/c1-8(2)20-13(19)11-4-3-10-12-9(5-6-18(10)11)7-16-14(15)17-12/h3-4,7-8H,5-6H2,1-2H3,(H2,15,16,17). The molecule has 2 N–H and O–H groups in total. The Morgan fingerprint density at radius 1 is 1.45 bits per heavy atom. The Balaban J connectivity index is 2.04. The van der Waals surface area contributed by atoms with Crippen molar-refractivity contribution in [3.8, 4) is 11.4 Å². The molecule has 0 saturated carbocycles. The minimum atomic E-state index is -0.309. The maximum atomic E-state index is 12.1. The van der Waals surface area contributed by atoms with Crippen molar-refractivity contribution in [2.45, 2.75) is 32.9 Å². The van der Waals surface area contributed by atoms with Crippen molar-refractivity contribution in [3.63, 3.8) is 0 Å². The zero-order chi connectivity index (χ0) is 14.3. The van der Waals surface area contributed by atoms with Gasteiger partial charge in [0.25, 0.3) is 0 Å². The molecule has 6 heteroatoms. The van der Waals surface area contributed by atoms with Crippen LogP contribution in [0, 0.1) is 0 Å². The Kier molecular flexibility index (Phi) is 2.93. The minimum absolute atomic E-state index is 0.137. The smallest absolute Gasteiger partial charge is 0.355 e. The molecule has 0 aliphatic carbocycles. The number of nitrogens with zero attached hydrogens (tertiary/aromatic N) is 3. The first kappa shape index (κ1) is 12.7. The van der Waals surface area contributed by atoms with Crippen LogP contribution in [0.5, 0.6) is 0 Å². The second-order valence-electron chi connectivity index (χ2n) is 5.06. The molecular weight excluding hydrogens is 256 g/mol. The molecule has 3 heterocycles. The minimum Gasteiger partial charge on any atom is -0.458 e. The zero-order valence-electron chi connectivity index (χ0n) is 11.5. The van der Waals surface area contributed by atoms with Crippen LogP contribution in [0.25, 0.3) is 11.4 Å². The van der Waals surface area contributed by atoms with Crippen molar-refractivity contribution >= 4 is 11.9 Å². The van der Waals surface area contributed by atoms with Gasteiger partial charge in [0.1, 0.15) is 5.69 Å². The third-order valence-electron chi connectivity index (χ3n) is 3.26. The highest BCUT2D eigenvalue weighted by atomic mass is 16.5. The average Bonchev–Trinajstić information content (AvgIpc) is 2.82. The maximum absolute atomic E-state index is 12.1. The average molecular weight is 272 g/mol. The van der Waals surface area contributed by atoms with Gasteiger partial charge in [-0.25, -0.2) is 14.8 Å². The molecule has 20 heavy (non-hydrogen) atoms. The van der Waals surface area contributed by atoms with Crippen LogP contribution in [0.2, 0.25) is 0 Å². The number of carbonyl (C=O) groups excluding carboxylic acids is 1. The number of nitrogens with two attached hydrogens (primary N) is 1. The zero-order valence-corrected chi connectivity index (χ0v) is 11.5. The monoisotopic (exact) mass is 272 g/mol. The number of esters is 1. The van der Waals surface area contributed by atoms with Gasteiger partial charge in [-0.1, -0.05) is 0 Å². The van der Waals surface area contributed by atoms with Crippen LogP contribution in [0.3, 0.4) is 0 Å². The number of nitrogen functional groups attached to an aromatic ring is 1. The summed E-state index contributed by atoms with van der Waals surface area (Å²) in [7, 11) is 0. The summed E-state index contributed by atoms with van der Waals surface area (Å²) in [6, 6.07) is 3.65. The number of hydrogen-bond donors (Lipinski definition) is 1. The van der Waals surface area contributed by atoms with Crippen molar-refractivity contribution in [1.82, 2.24) is 14.5 Å². The van der Waals surface area contributed by atoms with Gasteiger partial charge in [-0.15, -0.1) is 0 Å². The molecule has 0 spiro atoms. The Morgan fingerprint density at radius 2 is 2.25 bits per heavy atom. The van der Waals surface area contributed by atoms with Crippen molar-refractivity contribution < 1.29 is 9.53 Å². The van der Waals surface area contributed by atoms with Crippen LogP contribution >= 0.6 is 0 Å². The van der Waals surface area contributed by atoms with Crippen molar-refractivity contribution in [3.05, 3.63) is 29.6 Å². The van der Waals surface area contributed by atoms with E-state index in [4.69, 9.17) is 10.5 Å². The van der Waals surface area contributed by atoms with Gasteiger partial charge in [-0.05, 0) is 32.4 Å². The lowest BCUT2D eigenvalue weighted by Gasteiger charge is -2.20. The van der Waals surface area contributed by atoms with Crippen molar-refractivity contribution in [2.24, 2.45) is 0 Å². The largest absolute Gasteiger partial charge is 0.458 e. The van der Waals surface area contributed by atoms with Crippen molar-refractivity contribution in [2.75, 3.05) is 5.73 Å². The first-order valence-electron chi connectivity index (χ1n) is 6.58. The molecular formula is C14H16N4O2. The van der Waals surface area contributed by atoms with Gasteiger partial charge in [0, 0.05) is 18.3 Å². The van der Waals surface area contributed by atoms with E-state index in [1.807, 2.05) is 24.5 Å². The van der Waals surface area contributed by atoms with Gasteiger partial charge in [0.05, 0.1) is 17.5 Å². The highest BCUT2D eigenvalue weighted by Gasteiger charge is 2.24. The van der Waals surface area contributed by atoms with E-state index in [1.54, 1.807) is 12.3 Å². The fraction of sp³-hybridized carbons (Fsp3) is 0.357. The number of hydrogen-bond acceptors (Lipinski definition) is 5.